The molecule has 0 amide bonds. The first kappa shape index (κ1) is 16.6. The van der Waals surface area contributed by atoms with Crippen LogP contribution in [0.25, 0.3) is 0 Å². The van der Waals surface area contributed by atoms with E-state index in [-0.39, 0.29) is 0 Å². The summed E-state index contributed by atoms with van der Waals surface area (Å²) in [4.78, 5) is 0. The van der Waals surface area contributed by atoms with Gasteiger partial charge in [-0.15, -0.1) is 0 Å². The number of hydrogen-bond donors (Lipinski definition) is 2. The predicted octanol–water partition coefficient (Wildman–Crippen LogP) is 4.01. The summed E-state index contributed by atoms with van der Waals surface area (Å²) in [6.07, 6.45) is 6.89. The van der Waals surface area contributed by atoms with Crippen LogP contribution in [0.2, 0.25) is 0 Å². The second-order valence-electron chi connectivity index (χ2n) is 7.70. The summed E-state index contributed by atoms with van der Waals surface area (Å²) in [5.74, 6) is 3.69. The molecule has 128 valence electrons. The van der Waals surface area contributed by atoms with E-state index in [1.807, 2.05) is 13.0 Å². The van der Waals surface area contributed by atoms with Crippen molar-refractivity contribution in [3.8, 4) is 5.75 Å². The number of rotatable bonds is 7. The van der Waals surface area contributed by atoms with Gasteiger partial charge in [-0.25, -0.2) is 0 Å². The fourth-order valence-corrected chi connectivity index (χ4v) is 4.90. The van der Waals surface area contributed by atoms with Gasteiger partial charge in [0.15, 0.2) is 0 Å². The van der Waals surface area contributed by atoms with Crippen molar-refractivity contribution in [2.45, 2.75) is 65.0 Å². The Hall–Kier alpha value is -1.22. The molecule has 0 aromatic heterocycles. The lowest BCUT2D eigenvalue weighted by molar-refractivity contribution is 0.247. The van der Waals surface area contributed by atoms with Crippen molar-refractivity contribution in [3.05, 3.63) is 23.8 Å². The molecule has 0 saturated heterocycles. The lowest BCUT2D eigenvalue weighted by Gasteiger charge is -2.31. The number of nitrogen functional groups attached to an aromatic ring is 1. The Morgan fingerprint density at radius 1 is 1.26 bits per heavy atom. The molecule has 3 nitrogen and oxygen atoms in total. The normalized spacial score (nSPS) is 28.7. The third-order valence-corrected chi connectivity index (χ3v) is 5.90. The standard InChI is InChI=1S/C20H32N2O/c1-4-23-20-8-6-15(12-19(20)21)9-13(2)22-14(3)18-11-16-5-7-17(18)10-16/h6,8,12-14,16-18,22H,4-5,7,9-11,21H2,1-3H3. The highest BCUT2D eigenvalue weighted by atomic mass is 16.5. The number of fused-ring (bicyclic) bond motifs is 2. The Balaban J connectivity index is 1.52. The van der Waals surface area contributed by atoms with Gasteiger partial charge in [0.05, 0.1) is 12.3 Å². The van der Waals surface area contributed by atoms with E-state index in [0.29, 0.717) is 18.7 Å². The van der Waals surface area contributed by atoms with E-state index in [1.165, 1.54) is 31.2 Å². The highest BCUT2D eigenvalue weighted by Gasteiger charge is 2.41. The molecule has 3 heteroatoms. The fraction of sp³-hybridized carbons (Fsp3) is 0.700. The monoisotopic (exact) mass is 316 g/mol. The van der Waals surface area contributed by atoms with E-state index in [4.69, 9.17) is 10.5 Å². The number of ether oxygens (including phenoxy) is 1. The van der Waals surface area contributed by atoms with E-state index in [1.54, 1.807) is 0 Å². The van der Waals surface area contributed by atoms with Gasteiger partial charge in [-0.05, 0) is 81.9 Å². The Morgan fingerprint density at radius 2 is 2.09 bits per heavy atom. The molecular weight excluding hydrogens is 284 g/mol. The van der Waals surface area contributed by atoms with E-state index in [0.717, 1.165) is 35.6 Å². The van der Waals surface area contributed by atoms with Crippen LogP contribution in [0.15, 0.2) is 18.2 Å². The molecule has 2 bridgehead atoms. The second-order valence-corrected chi connectivity index (χ2v) is 7.70. The maximum atomic E-state index is 6.08. The van der Waals surface area contributed by atoms with Crippen LogP contribution in [-0.2, 0) is 6.42 Å². The Morgan fingerprint density at radius 3 is 2.70 bits per heavy atom. The molecule has 0 spiro atoms. The fourth-order valence-electron chi connectivity index (χ4n) is 4.90. The van der Waals surface area contributed by atoms with Gasteiger partial charge < -0.3 is 15.8 Å². The first-order valence-electron chi connectivity index (χ1n) is 9.34. The Kier molecular flexibility index (Phi) is 5.15. The molecule has 0 radical (unpaired) electrons. The van der Waals surface area contributed by atoms with Gasteiger partial charge in [0.25, 0.3) is 0 Å². The summed E-state index contributed by atoms with van der Waals surface area (Å²) in [5.41, 5.74) is 8.11. The van der Waals surface area contributed by atoms with Gasteiger partial charge in [-0.2, -0.15) is 0 Å². The summed E-state index contributed by atoms with van der Waals surface area (Å²) in [7, 11) is 0. The summed E-state index contributed by atoms with van der Waals surface area (Å²) >= 11 is 0. The first-order valence-corrected chi connectivity index (χ1v) is 9.34. The molecule has 2 fully saturated rings. The largest absolute Gasteiger partial charge is 0.492 e. The van der Waals surface area contributed by atoms with Crippen molar-refractivity contribution in [2.24, 2.45) is 17.8 Å². The molecule has 2 aliphatic carbocycles. The Labute approximate surface area is 141 Å². The maximum Gasteiger partial charge on any atom is 0.142 e. The second kappa shape index (κ2) is 7.12. The summed E-state index contributed by atoms with van der Waals surface area (Å²) in [5, 5.41) is 3.84. The van der Waals surface area contributed by atoms with Crippen LogP contribution >= 0.6 is 0 Å². The third-order valence-electron chi connectivity index (χ3n) is 5.90. The molecule has 2 saturated carbocycles. The maximum absolute atomic E-state index is 6.08. The van der Waals surface area contributed by atoms with Crippen LogP contribution in [0.3, 0.4) is 0 Å². The van der Waals surface area contributed by atoms with Gasteiger partial charge >= 0.3 is 0 Å². The van der Waals surface area contributed by atoms with E-state index >= 15 is 0 Å². The van der Waals surface area contributed by atoms with Crippen LogP contribution in [0.5, 0.6) is 5.75 Å². The summed E-state index contributed by atoms with van der Waals surface area (Å²) in [6.45, 7) is 7.31. The number of anilines is 1. The minimum atomic E-state index is 0.474. The lowest BCUT2D eigenvalue weighted by Crippen LogP contribution is -2.42. The molecule has 3 N–H and O–H groups in total. The van der Waals surface area contributed by atoms with Gasteiger partial charge in [0.2, 0.25) is 0 Å². The topological polar surface area (TPSA) is 47.3 Å². The quantitative estimate of drug-likeness (QED) is 0.747. The molecule has 3 rings (SSSR count). The summed E-state index contributed by atoms with van der Waals surface area (Å²) in [6, 6.07) is 7.30. The molecule has 23 heavy (non-hydrogen) atoms. The predicted molar refractivity (Wildman–Crippen MR) is 96.7 cm³/mol. The molecule has 0 aliphatic heterocycles. The SMILES string of the molecule is CCOc1ccc(CC(C)NC(C)C2CC3CCC2C3)cc1N. The zero-order valence-electron chi connectivity index (χ0n) is 14.8. The zero-order valence-corrected chi connectivity index (χ0v) is 14.8. The highest BCUT2D eigenvalue weighted by molar-refractivity contribution is 5.54. The van der Waals surface area contributed by atoms with Crippen molar-refractivity contribution in [2.75, 3.05) is 12.3 Å². The number of nitrogens with two attached hydrogens (primary N) is 1. The molecule has 2 aliphatic rings. The minimum absolute atomic E-state index is 0.474. The van der Waals surface area contributed by atoms with Crippen LogP contribution in [0.4, 0.5) is 5.69 Å². The molecular formula is C20H32N2O. The number of nitrogens with one attached hydrogen (secondary N) is 1. The highest BCUT2D eigenvalue weighted by Crippen LogP contribution is 2.49. The van der Waals surface area contributed by atoms with Gasteiger partial charge in [0.1, 0.15) is 5.75 Å². The molecule has 1 aromatic carbocycles. The third kappa shape index (κ3) is 3.82. The van der Waals surface area contributed by atoms with Gasteiger partial charge in [-0.3, -0.25) is 0 Å². The average molecular weight is 316 g/mol. The number of benzene rings is 1. The average Bonchev–Trinajstić information content (AvgIpc) is 3.13. The summed E-state index contributed by atoms with van der Waals surface area (Å²) < 4.78 is 5.52. The number of hydrogen-bond acceptors (Lipinski definition) is 3. The van der Waals surface area contributed by atoms with Crippen molar-refractivity contribution in [3.63, 3.8) is 0 Å². The van der Waals surface area contributed by atoms with Crippen LogP contribution in [0, 0.1) is 17.8 Å². The molecule has 0 heterocycles. The molecule has 5 atom stereocenters. The van der Waals surface area contributed by atoms with E-state index < -0.39 is 0 Å². The Bertz CT molecular complexity index is 530. The lowest BCUT2D eigenvalue weighted by atomic mass is 9.83. The molecule has 5 unspecified atom stereocenters. The van der Waals surface area contributed by atoms with Crippen LogP contribution in [-0.4, -0.2) is 18.7 Å². The van der Waals surface area contributed by atoms with Crippen molar-refractivity contribution in [1.29, 1.82) is 0 Å². The van der Waals surface area contributed by atoms with E-state index in [2.05, 4.69) is 31.3 Å². The van der Waals surface area contributed by atoms with Crippen molar-refractivity contribution in [1.82, 2.24) is 5.32 Å². The van der Waals surface area contributed by atoms with Crippen molar-refractivity contribution >= 4 is 5.69 Å². The first-order chi connectivity index (χ1) is 11.1. The van der Waals surface area contributed by atoms with Gasteiger partial charge in [0, 0.05) is 12.1 Å². The smallest absolute Gasteiger partial charge is 0.142 e. The van der Waals surface area contributed by atoms with Crippen molar-refractivity contribution < 1.29 is 4.74 Å². The minimum Gasteiger partial charge on any atom is -0.492 e. The molecule has 1 aromatic rings. The van der Waals surface area contributed by atoms with Crippen LogP contribution in [0.1, 0.15) is 52.0 Å². The van der Waals surface area contributed by atoms with Gasteiger partial charge in [-0.1, -0.05) is 12.5 Å². The van der Waals surface area contributed by atoms with E-state index in [9.17, 15) is 0 Å². The van der Waals surface area contributed by atoms with Crippen LogP contribution < -0.4 is 15.8 Å². The zero-order chi connectivity index (χ0) is 16.4.